The van der Waals surface area contributed by atoms with Crippen LogP contribution in [0.2, 0.25) is 0 Å². The fourth-order valence-corrected chi connectivity index (χ4v) is 3.36. The zero-order valence-electron chi connectivity index (χ0n) is 9.34. The van der Waals surface area contributed by atoms with Gasteiger partial charge in [0.15, 0.2) is 9.84 Å². The molecule has 1 amide bonds. The van der Waals surface area contributed by atoms with Gasteiger partial charge in [0.1, 0.15) is 11.1 Å². The summed E-state index contributed by atoms with van der Waals surface area (Å²) in [5.74, 6) is 0.922. The maximum Gasteiger partial charge on any atom is 0.298 e. The Bertz CT molecular complexity index is 610. The molecule has 1 aliphatic heterocycles. The first kappa shape index (κ1) is 12.6. The number of hydrogen-bond acceptors (Lipinski definition) is 3. The first-order valence-electron chi connectivity index (χ1n) is 5.20. The van der Waals surface area contributed by atoms with Crippen molar-refractivity contribution in [1.82, 2.24) is 4.90 Å². The molecular weight excluding hydrogens is 257 g/mol. The van der Waals surface area contributed by atoms with Crippen LogP contribution in [0.5, 0.6) is 0 Å². The highest BCUT2D eigenvalue weighted by molar-refractivity contribution is 7.92. The largest absolute Gasteiger partial charge is 0.329 e. The lowest BCUT2D eigenvalue weighted by molar-refractivity contribution is -0.128. The number of hydrogen-bond donors (Lipinski definition) is 0. The predicted molar refractivity (Wildman–Crippen MR) is 62.8 cm³/mol. The van der Waals surface area contributed by atoms with Crippen LogP contribution in [-0.4, -0.2) is 37.6 Å². The average Bonchev–Trinajstić information content (AvgIpc) is 2.27. The standard InChI is InChI=1S/C12H10FNO3S/c1-2-12(15)14-7-11(8-14)18(16,17)10-5-3-9(13)4-6-10/h1,3-6,11H,7-8H2. The zero-order valence-corrected chi connectivity index (χ0v) is 10.2. The highest BCUT2D eigenvalue weighted by atomic mass is 32.2. The summed E-state index contributed by atoms with van der Waals surface area (Å²) in [4.78, 5) is 12.4. The monoisotopic (exact) mass is 267 g/mol. The first-order chi connectivity index (χ1) is 8.45. The van der Waals surface area contributed by atoms with Gasteiger partial charge in [-0.3, -0.25) is 4.79 Å². The molecule has 0 unspecified atom stereocenters. The minimum absolute atomic E-state index is 0.0571. The Kier molecular flexibility index (Phi) is 3.09. The highest BCUT2D eigenvalue weighted by Crippen LogP contribution is 2.23. The van der Waals surface area contributed by atoms with Crippen molar-refractivity contribution < 1.29 is 17.6 Å². The molecule has 0 bridgehead atoms. The number of carbonyl (C=O) groups is 1. The second-order valence-electron chi connectivity index (χ2n) is 3.98. The molecule has 18 heavy (non-hydrogen) atoms. The maximum absolute atomic E-state index is 12.7. The summed E-state index contributed by atoms with van der Waals surface area (Å²) < 4.78 is 36.9. The molecule has 0 N–H and O–H groups in total. The van der Waals surface area contributed by atoms with Crippen LogP contribution < -0.4 is 0 Å². The van der Waals surface area contributed by atoms with Crippen LogP contribution >= 0.6 is 0 Å². The van der Waals surface area contributed by atoms with Gasteiger partial charge in [0.2, 0.25) is 0 Å². The van der Waals surface area contributed by atoms with Crippen LogP contribution in [0.1, 0.15) is 0 Å². The summed E-state index contributed by atoms with van der Waals surface area (Å²) in [5.41, 5.74) is 0. The van der Waals surface area contributed by atoms with Crippen LogP contribution in [0.4, 0.5) is 4.39 Å². The van der Waals surface area contributed by atoms with Gasteiger partial charge in [-0.15, -0.1) is 6.42 Å². The molecule has 1 aromatic carbocycles. The molecule has 4 nitrogen and oxygen atoms in total. The maximum atomic E-state index is 12.7. The number of carbonyl (C=O) groups excluding carboxylic acids is 1. The van der Waals surface area contributed by atoms with Crippen LogP contribution in [-0.2, 0) is 14.6 Å². The lowest BCUT2D eigenvalue weighted by Gasteiger charge is -2.37. The number of amides is 1. The van der Waals surface area contributed by atoms with Crippen LogP contribution in [0.15, 0.2) is 29.2 Å². The minimum Gasteiger partial charge on any atom is -0.329 e. The summed E-state index contributed by atoms with van der Waals surface area (Å²) in [7, 11) is -3.52. The molecule has 0 atom stereocenters. The van der Waals surface area contributed by atoms with Gasteiger partial charge >= 0.3 is 0 Å². The van der Waals surface area contributed by atoms with Gasteiger partial charge in [-0.2, -0.15) is 0 Å². The second-order valence-corrected chi connectivity index (χ2v) is 6.20. The third-order valence-electron chi connectivity index (χ3n) is 2.84. The molecule has 6 heteroatoms. The van der Waals surface area contributed by atoms with E-state index in [1.807, 2.05) is 5.92 Å². The van der Waals surface area contributed by atoms with Crippen molar-refractivity contribution in [3.63, 3.8) is 0 Å². The Morgan fingerprint density at radius 2 is 1.89 bits per heavy atom. The summed E-state index contributed by atoms with van der Waals surface area (Å²) in [6.45, 7) is 0.172. The molecule has 94 valence electrons. The van der Waals surface area contributed by atoms with Crippen molar-refractivity contribution in [2.75, 3.05) is 13.1 Å². The topological polar surface area (TPSA) is 54.5 Å². The third-order valence-corrected chi connectivity index (χ3v) is 4.94. The highest BCUT2D eigenvalue weighted by Gasteiger charge is 2.40. The fourth-order valence-electron chi connectivity index (χ4n) is 1.71. The molecular formula is C12H10FNO3S. The predicted octanol–water partition coefficient (Wildman–Crippen LogP) is 0.443. The van der Waals surface area contributed by atoms with Crippen molar-refractivity contribution in [2.45, 2.75) is 10.1 Å². The van der Waals surface area contributed by atoms with Crippen molar-refractivity contribution in [2.24, 2.45) is 0 Å². The molecule has 1 heterocycles. The molecule has 1 aromatic rings. The third kappa shape index (κ3) is 2.09. The Morgan fingerprint density at radius 3 is 2.39 bits per heavy atom. The quantitative estimate of drug-likeness (QED) is 0.577. The van der Waals surface area contributed by atoms with Gasteiger partial charge in [-0.25, -0.2) is 12.8 Å². The Morgan fingerprint density at radius 1 is 1.33 bits per heavy atom. The smallest absolute Gasteiger partial charge is 0.298 e. The lowest BCUT2D eigenvalue weighted by atomic mass is 10.2. The van der Waals surface area contributed by atoms with E-state index in [0.717, 1.165) is 12.1 Å². The van der Waals surface area contributed by atoms with Crippen molar-refractivity contribution in [1.29, 1.82) is 0 Å². The SMILES string of the molecule is C#CC(=O)N1CC(S(=O)(=O)c2ccc(F)cc2)C1. The number of terminal acetylenes is 1. The summed E-state index contributed by atoms with van der Waals surface area (Å²) >= 11 is 0. The summed E-state index contributed by atoms with van der Waals surface area (Å²) in [5, 5.41) is -0.666. The molecule has 1 aliphatic rings. The Balaban J connectivity index is 2.13. The molecule has 2 rings (SSSR count). The van der Waals surface area contributed by atoms with E-state index in [2.05, 4.69) is 0 Å². The number of rotatable bonds is 2. The number of halogens is 1. The van der Waals surface area contributed by atoms with Crippen molar-refractivity contribution in [3.05, 3.63) is 30.1 Å². The van der Waals surface area contributed by atoms with Gasteiger partial charge in [0.25, 0.3) is 5.91 Å². The summed E-state index contributed by atoms with van der Waals surface area (Å²) in [6.07, 6.45) is 4.93. The Labute approximate surface area is 104 Å². The van der Waals surface area contributed by atoms with Gasteiger partial charge < -0.3 is 4.90 Å². The van der Waals surface area contributed by atoms with Crippen LogP contribution in [0, 0.1) is 18.2 Å². The van der Waals surface area contributed by atoms with E-state index in [0.29, 0.717) is 0 Å². The van der Waals surface area contributed by atoms with Gasteiger partial charge in [0.05, 0.1) is 4.90 Å². The molecule has 1 saturated heterocycles. The zero-order chi connectivity index (χ0) is 13.3. The second kappa shape index (κ2) is 4.42. The number of sulfone groups is 1. The fraction of sp³-hybridized carbons (Fsp3) is 0.250. The number of likely N-dealkylation sites (tertiary alicyclic amines) is 1. The number of benzene rings is 1. The Hall–Kier alpha value is -1.87. The average molecular weight is 267 g/mol. The lowest BCUT2D eigenvalue weighted by Crippen LogP contribution is -2.56. The molecule has 1 fully saturated rings. The minimum atomic E-state index is -3.52. The van der Waals surface area contributed by atoms with E-state index >= 15 is 0 Å². The van der Waals surface area contributed by atoms with E-state index in [1.54, 1.807) is 0 Å². The van der Waals surface area contributed by atoms with E-state index in [4.69, 9.17) is 6.42 Å². The normalized spacial score (nSPS) is 15.9. The van der Waals surface area contributed by atoms with E-state index in [1.165, 1.54) is 17.0 Å². The first-order valence-corrected chi connectivity index (χ1v) is 6.75. The summed E-state index contributed by atoms with van der Waals surface area (Å²) in [6, 6.07) is 4.62. The molecule has 0 aromatic heterocycles. The van der Waals surface area contributed by atoms with E-state index in [-0.39, 0.29) is 18.0 Å². The van der Waals surface area contributed by atoms with Crippen molar-refractivity contribution in [3.8, 4) is 12.3 Å². The van der Waals surface area contributed by atoms with Gasteiger partial charge in [-0.1, -0.05) is 0 Å². The van der Waals surface area contributed by atoms with Crippen molar-refractivity contribution >= 4 is 15.7 Å². The molecule has 0 saturated carbocycles. The molecule has 0 aliphatic carbocycles. The van der Waals surface area contributed by atoms with Crippen LogP contribution in [0.3, 0.4) is 0 Å². The number of nitrogens with zero attached hydrogens (tertiary/aromatic N) is 1. The van der Waals surface area contributed by atoms with E-state index < -0.39 is 26.8 Å². The van der Waals surface area contributed by atoms with Gasteiger partial charge in [-0.05, 0) is 30.2 Å². The molecule has 0 spiro atoms. The van der Waals surface area contributed by atoms with E-state index in [9.17, 15) is 17.6 Å². The van der Waals surface area contributed by atoms with Gasteiger partial charge in [0, 0.05) is 13.1 Å². The molecule has 0 radical (unpaired) electrons. The van der Waals surface area contributed by atoms with Crippen LogP contribution in [0.25, 0.3) is 0 Å².